The molecule has 1 aromatic rings. The smallest absolute Gasteiger partial charge is 0.315 e. The van der Waals surface area contributed by atoms with Crippen molar-refractivity contribution < 1.29 is 9.59 Å². The van der Waals surface area contributed by atoms with Gasteiger partial charge in [0.1, 0.15) is 0 Å². The third-order valence-corrected chi connectivity index (χ3v) is 4.96. The summed E-state index contributed by atoms with van der Waals surface area (Å²) < 4.78 is 0. The number of amides is 3. The van der Waals surface area contributed by atoms with Gasteiger partial charge in [-0.2, -0.15) is 0 Å². The van der Waals surface area contributed by atoms with Crippen molar-refractivity contribution in [2.45, 2.75) is 51.6 Å². The van der Waals surface area contributed by atoms with Crippen molar-refractivity contribution in [2.24, 2.45) is 5.92 Å². The van der Waals surface area contributed by atoms with Crippen LogP contribution in [0.25, 0.3) is 0 Å². The van der Waals surface area contributed by atoms with E-state index in [1.165, 1.54) is 19.3 Å². The number of nitrogens with one attached hydrogen (secondary N) is 2. The summed E-state index contributed by atoms with van der Waals surface area (Å²) in [6.45, 7) is 4.19. The quantitative estimate of drug-likeness (QED) is 0.872. The second-order valence-electron chi connectivity index (χ2n) is 7.01. The molecule has 1 atom stereocenters. The van der Waals surface area contributed by atoms with Crippen molar-refractivity contribution in [1.82, 2.24) is 15.5 Å². The van der Waals surface area contributed by atoms with E-state index in [0.29, 0.717) is 18.0 Å². The Hall–Kier alpha value is -2.04. The molecule has 1 aliphatic heterocycles. The molecule has 24 heavy (non-hydrogen) atoms. The second kappa shape index (κ2) is 7.69. The molecule has 1 aliphatic carbocycles. The topological polar surface area (TPSA) is 61.4 Å². The van der Waals surface area contributed by atoms with Crippen LogP contribution >= 0.6 is 0 Å². The molecule has 2 N–H and O–H groups in total. The molecule has 1 saturated heterocycles. The van der Waals surface area contributed by atoms with Gasteiger partial charge in [0.05, 0.1) is 0 Å². The first-order valence-electron chi connectivity index (χ1n) is 9.06. The normalized spacial score (nSPS) is 18.8. The van der Waals surface area contributed by atoms with Crippen LogP contribution in [0.2, 0.25) is 0 Å². The molecule has 5 nitrogen and oxygen atoms in total. The molecule has 2 fully saturated rings. The number of piperidine rings is 1. The Morgan fingerprint density at radius 1 is 1.21 bits per heavy atom. The number of benzene rings is 1. The van der Waals surface area contributed by atoms with Gasteiger partial charge < -0.3 is 15.5 Å². The van der Waals surface area contributed by atoms with Crippen LogP contribution in [0.3, 0.4) is 0 Å². The fraction of sp³-hybridized carbons (Fsp3) is 0.579. The van der Waals surface area contributed by atoms with Gasteiger partial charge in [0, 0.05) is 31.2 Å². The number of hydrogen-bond donors (Lipinski definition) is 2. The van der Waals surface area contributed by atoms with Crippen LogP contribution in [-0.2, 0) is 6.54 Å². The van der Waals surface area contributed by atoms with E-state index >= 15 is 0 Å². The summed E-state index contributed by atoms with van der Waals surface area (Å²) in [5, 5.41) is 5.86. The molecule has 0 spiro atoms. The van der Waals surface area contributed by atoms with Gasteiger partial charge >= 0.3 is 6.03 Å². The first-order chi connectivity index (χ1) is 11.6. The van der Waals surface area contributed by atoms with Crippen LogP contribution in [0.1, 0.15) is 54.9 Å². The van der Waals surface area contributed by atoms with E-state index in [9.17, 15) is 9.59 Å². The Balaban J connectivity index is 1.52. The van der Waals surface area contributed by atoms with Gasteiger partial charge in [-0.05, 0) is 62.6 Å². The minimum Gasteiger partial charge on any atom is -0.339 e. The van der Waals surface area contributed by atoms with Crippen molar-refractivity contribution in [1.29, 1.82) is 0 Å². The highest BCUT2D eigenvalue weighted by molar-refractivity contribution is 5.94. The zero-order valence-corrected chi connectivity index (χ0v) is 14.4. The standard InChI is InChI=1S/C19H27N3O2/c1-14(16-8-9-16)21-19(24)20-13-15-6-5-7-17(12-15)18(23)22-10-3-2-4-11-22/h5-7,12,14,16H,2-4,8-11,13H2,1H3,(H2,20,21,24). The first kappa shape index (κ1) is 16.8. The highest BCUT2D eigenvalue weighted by atomic mass is 16.2. The average Bonchev–Trinajstić information content (AvgIpc) is 3.45. The molecule has 2 aliphatic rings. The van der Waals surface area contributed by atoms with Crippen LogP contribution in [0.5, 0.6) is 0 Å². The Bertz CT molecular complexity index is 592. The fourth-order valence-electron chi connectivity index (χ4n) is 3.25. The zero-order valence-electron chi connectivity index (χ0n) is 14.4. The molecule has 3 rings (SSSR count). The SMILES string of the molecule is CC(NC(=O)NCc1cccc(C(=O)N2CCCCC2)c1)C1CC1. The monoisotopic (exact) mass is 329 g/mol. The van der Waals surface area contributed by atoms with Gasteiger partial charge in [0.15, 0.2) is 0 Å². The maximum absolute atomic E-state index is 12.5. The lowest BCUT2D eigenvalue weighted by Gasteiger charge is -2.26. The molecule has 1 aromatic carbocycles. The minimum absolute atomic E-state index is 0.100. The van der Waals surface area contributed by atoms with Gasteiger partial charge in [0.25, 0.3) is 5.91 Å². The molecule has 1 saturated carbocycles. The van der Waals surface area contributed by atoms with Crippen molar-refractivity contribution in [3.05, 3.63) is 35.4 Å². The second-order valence-corrected chi connectivity index (χ2v) is 7.01. The average molecular weight is 329 g/mol. The molecule has 5 heteroatoms. The van der Waals surface area contributed by atoms with Crippen LogP contribution in [-0.4, -0.2) is 36.0 Å². The van der Waals surface area contributed by atoms with E-state index < -0.39 is 0 Å². The molecule has 0 bridgehead atoms. The minimum atomic E-state index is -0.137. The number of carbonyl (C=O) groups is 2. The Morgan fingerprint density at radius 2 is 1.96 bits per heavy atom. The summed E-state index contributed by atoms with van der Waals surface area (Å²) in [5.74, 6) is 0.740. The van der Waals surface area contributed by atoms with E-state index in [0.717, 1.165) is 31.5 Å². The van der Waals surface area contributed by atoms with Crippen molar-refractivity contribution >= 4 is 11.9 Å². The molecule has 1 heterocycles. The number of hydrogen-bond acceptors (Lipinski definition) is 2. The molecule has 3 amide bonds. The van der Waals surface area contributed by atoms with Gasteiger partial charge in [-0.15, -0.1) is 0 Å². The maximum Gasteiger partial charge on any atom is 0.315 e. The van der Waals surface area contributed by atoms with Crippen molar-refractivity contribution in [2.75, 3.05) is 13.1 Å². The van der Waals surface area contributed by atoms with E-state index in [1.807, 2.05) is 29.2 Å². The molecule has 0 aromatic heterocycles. The lowest BCUT2D eigenvalue weighted by Crippen LogP contribution is -2.41. The van der Waals surface area contributed by atoms with Crippen LogP contribution in [0.4, 0.5) is 4.79 Å². The molecular formula is C19H27N3O2. The van der Waals surface area contributed by atoms with Gasteiger partial charge in [0.2, 0.25) is 0 Å². The maximum atomic E-state index is 12.5. The lowest BCUT2D eigenvalue weighted by atomic mass is 10.1. The lowest BCUT2D eigenvalue weighted by molar-refractivity contribution is 0.0724. The van der Waals surface area contributed by atoms with E-state index in [-0.39, 0.29) is 18.0 Å². The van der Waals surface area contributed by atoms with Crippen LogP contribution < -0.4 is 10.6 Å². The predicted molar refractivity (Wildman–Crippen MR) is 93.8 cm³/mol. The largest absolute Gasteiger partial charge is 0.339 e. The van der Waals surface area contributed by atoms with Crippen molar-refractivity contribution in [3.63, 3.8) is 0 Å². The zero-order chi connectivity index (χ0) is 16.9. The van der Waals surface area contributed by atoms with Gasteiger partial charge in [-0.1, -0.05) is 12.1 Å². The first-order valence-corrected chi connectivity index (χ1v) is 9.06. The Labute approximate surface area is 143 Å². The fourth-order valence-corrected chi connectivity index (χ4v) is 3.25. The number of rotatable bonds is 5. The summed E-state index contributed by atoms with van der Waals surface area (Å²) in [6, 6.07) is 7.67. The predicted octanol–water partition coefficient (Wildman–Crippen LogP) is 2.91. The Kier molecular flexibility index (Phi) is 5.38. The summed E-state index contributed by atoms with van der Waals surface area (Å²) in [6.07, 6.45) is 5.81. The summed E-state index contributed by atoms with van der Waals surface area (Å²) in [4.78, 5) is 26.4. The third-order valence-electron chi connectivity index (χ3n) is 4.96. The number of carbonyl (C=O) groups excluding carboxylic acids is 2. The number of urea groups is 1. The van der Waals surface area contributed by atoms with Crippen LogP contribution in [0.15, 0.2) is 24.3 Å². The molecule has 130 valence electrons. The Morgan fingerprint density at radius 3 is 2.67 bits per heavy atom. The van der Waals surface area contributed by atoms with E-state index in [2.05, 4.69) is 17.6 Å². The number of likely N-dealkylation sites (tertiary alicyclic amines) is 1. The highest BCUT2D eigenvalue weighted by Gasteiger charge is 2.28. The van der Waals surface area contributed by atoms with E-state index in [1.54, 1.807) is 0 Å². The van der Waals surface area contributed by atoms with Gasteiger partial charge in [-0.3, -0.25) is 4.79 Å². The van der Waals surface area contributed by atoms with Crippen molar-refractivity contribution in [3.8, 4) is 0 Å². The van der Waals surface area contributed by atoms with Crippen LogP contribution in [0, 0.1) is 5.92 Å². The van der Waals surface area contributed by atoms with Gasteiger partial charge in [-0.25, -0.2) is 4.79 Å². The summed E-state index contributed by atoms with van der Waals surface area (Å²) in [7, 11) is 0. The summed E-state index contributed by atoms with van der Waals surface area (Å²) >= 11 is 0. The highest BCUT2D eigenvalue weighted by Crippen LogP contribution is 2.32. The molecule has 0 radical (unpaired) electrons. The third kappa shape index (κ3) is 4.49. The molecule has 1 unspecified atom stereocenters. The number of nitrogens with zero attached hydrogens (tertiary/aromatic N) is 1. The molecular weight excluding hydrogens is 302 g/mol. The van der Waals surface area contributed by atoms with E-state index in [4.69, 9.17) is 0 Å². The summed E-state index contributed by atoms with van der Waals surface area (Å²) in [5.41, 5.74) is 1.66.